The lowest BCUT2D eigenvalue weighted by atomic mass is 10.2. The molecule has 2 nitrogen and oxygen atoms in total. The van der Waals surface area contributed by atoms with Crippen molar-refractivity contribution in [1.82, 2.24) is 0 Å². The fourth-order valence-electron chi connectivity index (χ4n) is 1.51. The van der Waals surface area contributed by atoms with Crippen LogP contribution in [0.4, 0.5) is 5.69 Å². The summed E-state index contributed by atoms with van der Waals surface area (Å²) in [6, 6.07) is 7.68. The van der Waals surface area contributed by atoms with E-state index < -0.39 is 0 Å². The van der Waals surface area contributed by atoms with Gasteiger partial charge in [0.05, 0.1) is 12.8 Å². The van der Waals surface area contributed by atoms with Crippen molar-refractivity contribution in [2.24, 2.45) is 0 Å². The predicted octanol–water partition coefficient (Wildman–Crippen LogP) is 3.67. The number of benzene rings is 1. The molecule has 1 aromatic rings. The zero-order chi connectivity index (χ0) is 11.4. The first-order chi connectivity index (χ1) is 7.07. The molecule has 2 atom stereocenters. The van der Waals surface area contributed by atoms with Crippen molar-refractivity contribution < 1.29 is 4.74 Å². The molecule has 0 bridgehead atoms. The average Bonchev–Trinajstić information content (AvgIpc) is 2.17. The minimum absolute atomic E-state index is 0.186. The minimum Gasteiger partial charge on any atom is -0.495 e. The molecule has 2 unspecified atom stereocenters. The van der Waals surface area contributed by atoms with Crippen LogP contribution in [0, 0.1) is 0 Å². The largest absolute Gasteiger partial charge is 0.495 e. The zero-order valence-electron chi connectivity index (χ0n) is 9.08. The molecule has 0 spiro atoms. The van der Waals surface area contributed by atoms with Crippen molar-refractivity contribution in [3.63, 3.8) is 0 Å². The van der Waals surface area contributed by atoms with E-state index in [0.29, 0.717) is 0 Å². The molecule has 0 aliphatic heterocycles. The maximum atomic E-state index is 6.09. The third-order valence-corrected chi connectivity index (χ3v) is 2.55. The van der Waals surface area contributed by atoms with Crippen LogP contribution in [0.2, 0.25) is 0 Å². The lowest BCUT2D eigenvalue weighted by molar-refractivity contribution is 0.414. The Labute approximate surface area is 101 Å². The van der Waals surface area contributed by atoms with E-state index in [2.05, 4.69) is 0 Å². The fraction of sp³-hybridized carbons (Fsp3) is 0.455. The zero-order valence-corrected chi connectivity index (χ0v) is 10.6. The van der Waals surface area contributed by atoms with Crippen molar-refractivity contribution in [3.8, 4) is 5.75 Å². The normalized spacial score (nSPS) is 14.5. The molecule has 0 heterocycles. The van der Waals surface area contributed by atoms with Gasteiger partial charge in [-0.2, -0.15) is 0 Å². The Balaban J connectivity index is 3.10. The quantitative estimate of drug-likeness (QED) is 0.595. The second-order valence-electron chi connectivity index (χ2n) is 3.23. The van der Waals surface area contributed by atoms with E-state index in [-0.39, 0.29) is 11.0 Å². The van der Waals surface area contributed by atoms with Crippen LogP contribution in [0.25, 0.3) is 0 Å². The monoisotopic (exact) mass is 247 g/mol. The van der Waals surface area contributed by atoms with Crippen LogP contribution >= 0.6 is 23.2 Å². The first-order valence-electron chi connectivity index (χ1n) is 4.77. The summed E-state index contributed by atoms with van der Waals surface area (Å²) in [7, 11) is 1.63. The van der Waals surface area contributed by atoms with Gasteiger partial charge in [0.15, 0.2) is 0 Å². The number of hydrogen-bond acceptors (Lipinski definition) is 2. The summed E-state index contributed by atoms with van der Waals surface area (Å²) in [5.41, 5.74) is 0.535. The van der Waals surface area contributed by atoms with E-state index in [1.807, 2.05) is 43.0 Å². The topological polar surface area (TPSA) is 12.5 Å². The van der Waals surface area contributed by atoms with Gasteiger partial charge < -0.3 is 9.64 Å². The Morgan fingerprint density at radius 2 is 1.67 bits per heavy atom. The number of para-hydroxylation sites is 2. The van der Waals surface area contributed by atoms with Crippen LogP contribution in [-0.4, -0.2) is 18.1 Å². The molecular weight excluding hydrogens is 233 g/mol. The van der Waals surface area contributed by atoms with Gasteiger partial charge in [-0.1, -0.05) is 35.3 Å². The Morgan fingerprint density at radius 3 is 2.13 bits per heavy atom. The third kappa shape index (κ3) is 2.93. The number of halogens is 2. The number of hydrogen-bond donors (Lipinski definition) is 0. The van der Waals surface area contributed by atoms with Crippen LogP contribution in [-0.2, 0) is 0 Å². The molecule has 1 rings (SSSR count). The highest BCUT2D eigenvalue weighted by molar-refractivity contribution is 6.25. The van der Waals surface area contributed by atoms with Crippen molar-refractivity contribution in [1.29, 1.82) is 0 Å². The Hall–Kier alpha value is -0.600. The number of nitrogens with zero attached hydrogens (tertiary/aromatic N) is 1. The van der Waals surface area contributed by atoms with Crippen LogP contribution in [0.15, 0.2) is 24.3 Å². The van der Waals surface area contributed by atoms with Gasteiger partial charge >= 0.3 is 0 Å². The van der Waals surface area contributed by atoms with E-state index in [1.165, 1.54) is 0 Å². The van der Waals surface area contributed by atoms with E-state index >= 15 is 0 Å². The summed E-state index contributed by atoms with van der Waals surface area (Å²) < 4.78 is 5.27. The molecule has 0 saturated heterocycles. The second kappa shape index (κ2) is 5.47. The Morgan fingerprint density at radius 1 is 1.13 bits per heavy atom. The summed E-state index contributed by atoms with van der Waals surface area (Å²) in [6.07, 6.45) is 0. The molecule has 0 amide bonds. The number of methoxy groups -OCH3 is 1. The van der Waals surface area contributed by atoms with Crippen LogP contribution in [0.3, 0.4) is 0 Å². The lowest BCUT2D eigenvalue weighted by Gasteiger charge is -2.31. The van der Waals surface area contributed by atoms with Crippen molar-refractivity contribution in [2.45, 2.75) is 24.8 Å². The van der Waals surface area contributed by atoms with E-state index in [1.54, 1.807) is 7.11 Å². The molecule has 0 aromatic heterocycles. The van der Waals surface area contributed by atoms with E-state index in [0.717, 1.165) is 11.4 Å². The Kier molecular flexibility index (Phi) is 4.55. The first-order valence-corrected chi connectivity index (χ1v) is 5.64. The van der Waals surface area contributed by atoms with Crippen LogP contribution < -0.4 is 9.64 Å². The smallest absolute Gasteiger partial charge is 0.142 e. The molecule has 0 N–H and O–H groups in total. The number of alkyl halides is 2. The summed E-state index contributed by atoms with van der Waals surface area (Å²) in [4.78, 5) is 1.89. The van der Waals surface area contributed by atoms with Gasteiger partial charge in [0.25, 0.3) is 0 Å². The average molecular weight is 248 g/mol. The maximum Gasteiger partial charge on any atom is 0.142 e. The van der Waals surface area contributed by atoms with Crippen molar-refractivity contribution in [3.05, 3.63) is 24.3 Å². The molecule has 15 heavy (non-hydrogen) atoms. The Bertz CT molecular complexity index is 307. The van der Waals surface area contributed by atoms with Gasteiger partial charge in [0.2, 0.25) is 0 Å². The van der Waals surface area contributed by atoms with Gasteiger partial charge in [0, 0.05) is 0 Å². The summed E-state index contributed by atoms with van der Waals surface area (Å²) in [6.45, 7) is 3.76. The van der Waals surface area contributed by atoms with Crippen LogP contribution in [0.5, 0.6) is 5.75 Å². The number of ether oxygens (including phenoxy) is 1. The lowest BCUT2D eigenvalue weighted by Crippen LogP contribution is -2.34. The molecule has 0 fully saturated rings. The third-order valence-electron chi connectivity index (χ3n) is 2.13. The molecule has 4 heteroatoms. The molecule has 0 aliphatic carbocycles. The predicted molar refractivity (Wildman–Crippen MR) is 66.1 cm³/mol. The standard InChI is InChI=1S/C11H15Cl2NO/c1-8(12)14(9(2)13)10-6-4-5-7-11(10)15-3/h4-9H,1-3H3. The van der Waals surface area contributed by atoms with Crippen molar-refractivity contribution >= 4 is 28.9 Å². The van der Waals surface area contributed by atoms with E-state index in [4.69, 9.17) is 27.9 Å². The molecule has 0 aliphatic rings. The second-order valence-corrected chi connectivity index (χ2v) is 4.49. The first kappa shape index (κ1) is 12.5. The molecule has 0 radical (unpaired) electrons. The molecule has 0 saturated carbocycles. The highest BCUT2D eigenvalue weighted by Gasteiger charge is 2.19. The maximum absolute atomic E-state index is 6.09. The van der Waals surface area contributed by atoms with Gasteiger partial charge in [0.1, 0.15) is 16.8 Å². The van der Waals surface area contributed by atoms with Crippen LogP contribution in [0.1, 0.15) is 13.8 Å². The fourth-order valence-corrected chi connectivity index (χ4v) is 2.12. The SMILES string of the molecule is COc1ccccc1N(C(C)Cl)C(C)Cl. The summed E-state index contributed by atoms with van der Waals surface area (Å²) in [5, 5.41) is 0. The highest BCUT2D eigenvalue weighted by atomic mass is 35.5. The van der Waals surface area contributed by atoms with Gasteiger partial charge in [-0.05, 0) is 26.0 Å². The molecular formula is C11H15Cl2NO. The van der Waals surface area contributed by atoms with Crippen molar-refractivity contribution in [2.75, 3.05) is 12.0 Å². The minimum atomic E-state index is -0.186. The summed E-state index contributed by atoms with van der Waals surface area (Å²) in [5.74, 6) is 0.775. The van der Waals surface area contributed by atoms with Gasteiger partial charge in [-0.25, -0.2) is 0 Å². The van der Waals surface area contributed by atoms with Gasteiger partial charge in [-0.3, -0.25) is 0 Å². The molecule has 1 aromatic carbocycles. The van der Waals surface area contributed by atoms with Gasteiger partial charge in [-0.15, -0.1) is 0 Å². The van der Waals surface area contributed by atoms with E-state index in [9.17, 15) is 0 Å². The summed E-state index contributed by atoms with van der Waals surface area (Å²) >= 11 is 12.2. The number of anilines is 1. The highest BCUT2D eigenvalue weighted by Crippen LogP contribution is 2.32. The molecule has 84 valence electrons. The number of rotatable bonds is 4.